The van der Waals surface area contributed by atoms with Crippen LogP contribution in [0.5, 0.6) is 0 Å². The summed E-state index contributed by atoms with van der Waals surface area (Å²) in [6.07, 6.45) is 1.46. The summed E-state index contributed by atoms with van der Waals surface area (Å²) >= 11 is 0. The lowest BCUT2D eigenvalue weighted by atomic mass is 10.1. The van der Waals surface area contributed by atoms with E-state index in [1.807, 2.05) is 42.3 Å². The molecule has 0 unspecified atom stereocenters. The molecule has 1 aliphatic rings. The summed E-state index contributed by atoms with van der Waals surface area (Å²) in [5, 5.41) is 17.0. The summed E-state index contributed by atoms with van der Waals surface area (Å²) in [5.41, 5.74) is 5.17. The van der Waals surface area contributed by atoms with Gasteiger partial charge >= 0.3 is 0 Å². The molecule has 10 heteroatoms. The van der Waals surface area contributed by atoms with Crippen LogP contribution in [0, 0.1) is 6.92 Å². The molecule has 1 aromatic heterocycles. The molecular weight excluding hydrogens is 468 g/mol. The summed E-state index contributed by atoms with van der Waals surface area (Å²) < 4.78 is 0. The second kappa shape index (κ2) is 12.0. The van der Waals surface area contributed by atoms with Gasteiger partial charge in [0.15, 0.2) is 5.82 Å². The van der Waals surface area contributed by atoms with Crippen molar-refractivity contribution in [1.82, 2.24) is 35.4 Å². The van der Waals surface area contributed by atoms with Crippen LogP contribution < -0.4 is 10.6 Å². The van der Waals surface area contributed by atoms with Gasteiger partial charge in [0.1, 0.15) is 12.9 Å². The summed E-state index contributed by atoms with van der Waals surface area (Å²) in [6, 6.07) is 14.4. The highest BCUT2D eigenvalue weighted by Crippen LogP contribution is 2.24. The molecule has 0 saturated heterocycles. The predicted molar refractivity (Wildman–Crippen MR) is 143 cm³/mol. The fraction of sp³-hybridized carbons (Fsp3) is 0.407. The number of carbonyl (C=O) groups is 2. The zero-order valence-electron chi connectivity index (χ0n) is 22.0. The first-order valence-corrected chi connectivity index (χ1v) is 12.6. The Morgan fingerprint density at radius 2 is 1.84 bits per heavy atom. The standard InChI is InChI=1S/C27H36N8O2/c1-19(2)28-11-12-34(17-26(37)33(4)35-15-22-7-5-6-8-23(22)16-35)25(36)14-29-24-13-21(10-9-20(24)3)27-30-18-31-32-27/h5-10,13,18-19,28-29H,11-12,14-17H2,1-4H3,(H,30,31,32). The van der Waals surface area contributed by atoms with Crippen LogP contribution >= 0.6 is 0 Å². The number of aromatic amines is 1. The Hall–Kier alpha value is -3.76. The first-order valence-electron chi connectivity index (χ1n) is 12.6. The number of hydrogen-bond acceptors (Lipinski definition) is 7. The fourth-order valence-electron chi connectivity index (χ4n) is 4.32. The quantitative estimate of drug-likeness (QED) is 0.368. The Balaban J connectivity index is 1.39. The maximum Gasteiger partial charge on any atom is 0.256 e. The normalized spacial score (nSPS) is 13.0. The van der Waals surface area contributed by atoms with Gasteiger partial charge in [-0.05, 0) is 29.7 Å². The van der Waals surface area contributed by atoms with E-state index >= 15 is 0 Å². The van der Waals surface area contributed by atoms with E-state index < -0.39 is 0 Å². The number of H-pyrrole nitrogens is 1. The second-order valence-corrected chi connectivity index (χ2v) is 9.65. The predicted octanol–water partition coefficient (Wildman–Crippen LogP) is 2.41. The van der Waals surface area contributed by atoms with Crippen LogP contribution in [0.1, 0.15) is 30.5 Å². The minimum Gasteiger partial charge on any atom is -0.376 e. The molecule has 196 valence electrons. The lowest BCUT2D eigenvalue weighted by Crippen LogP contribution is -2.49. The number of likely N-dealkylation sites (N-methyl/N-ethyl adjacent to an activating group) is 1. The largest absolute Gasteiger partial charge is 0.376 e. The Morgan fingerprint density at radius 3 is 2.49 bits per heavy atom. The number of carbonyl (C=O) groups excluding carboxylic acids is 2. The zero-order chi connectivity index (χ0) is 26.4. The lowest BCUT2D eigenvalue weighted by molar-refractivity contribution is -0.151. The number of amides is 2. The Bertz CT molecular complexity index is 1190. The first-order chi connectivity index (χ1) is 17.8. The number of benzene rings is 2. The van der Waals surface area contributed by atoms with Crippen molar-refractivity contribution in [3.05, 3.63) is 65.5 Å². The van der Waals surface area contributed by atoms with Crippen molar-refractivity contribution in [3.8, 4) is 11.4 Å². The summed E-state index contributed by atoms with van der Waals surface area (Å²) in [4.78, 5) is 32.4. The van der Waals surface area contributed by atoms with E-state index in [0.29, 0.717) is 32.0 Å². The van der Waals surface area contributed by atoms with E-state index in [2.05, 4.69) is 51.8 Å². The van der Waals surface area contributed by atoms with Gasteiger partial charge in [0.25, 0.3) is 5.91 Å². The summed E-state index contributed by atoms with van der Waals surface area (Å²) in [6.45, 7) is 8.60. The van der Waals surface area contributed by atoms with E-state index in [4.69, 9.17) is 0 Å². The molecule has 0 fully saturated rings. The third-order valence-electron chi connectivity index (χ3n) is 6.58. The molecule has 0 saturated carbocycles. The van der Waals surface area contributed by atoms with Crippen molar-refractivity contribution >= 4 is 17.5 Å². The monoisotopic (exact) mass is 504 g/mol. The molecule has 2 amide bonds. The minimum absolute atomic E-state index is 0.0146. The highest BCUT2D eigenvalue weighted by molar-refractivity contribution is 5.87. The smallest absolute Gasteiger partial charge is 0.256 e. The van der Waals surface area contributed by atoms with Gasteiger partial charge < -0.3 is 15.5 Å². The van der Waals surface area contributed by atoms with Crippen LogP contribution in [0.4, 0.5) is 5.69 Å². The van der Waals surface area contributed by atoms with Crippen LogP contribution in [0.15, 0.2) is 48.8 Å². The van der Waals surface area contributed by atoms with Crippen molar-refractivity contribution in [2.24, 2.45) is 0 Å². The molecule has 0 atom stereocenters. The summed E-state index contributed by atoms with van der Waals surface area (Å²) in [7, 11) is 1.78. The van der Waals surface area contributed by atoms with Gasteiger partial charge in [-0.2, -0.15) is 5.10 Å². The van der Waals surface area contributed by atoms with Crippen molar-refractivity contribution in [3.63, 3.8) is 0 Å². The average molecular weight is 505 g/mol. The minimum atomic E-state index is -0.138. The van der Waals surface area contributed by atoms with Gasteiger partial charge in [-0.15, -0.1) is 0 Å². The molecule has 0 bridgehead atoms. The topological polar surface area (TPSA) is 109 Å². The molecule has 2 heterocycles. The Labute approximate surface area is 218 Å². The number of hydrogen-bond donors (Lipinski definition) is 3. The van der Waals surface area contributed by atoms with Crippen LogP contribution in [0.2, 0.25) is 0 Å². The number of aromatic nitrogens is 3. The molecule has 10 nitrogen and oxygen atoms in total. The number of nitrogens with one attached hydrogen (secondary N) is 3. The number of rotatable bonds is 11. The third-order valence-corrected chi connectivity index (χ3v) is 6.58. The molecule has 1 aliphatic heterocycles. The average Bonchev–Trinajstić information content (AvgIpc) is 3.57. The van der Waals surface area contributed by atoms with Crippen molar-refractivity contribution in [2.45, 2.75) is 39.9 Å². The highest BCUT2D eigenvalue weighted by Gasteiger charge is 2.27. The van der Waals surface area contributed by atoms with Gasteiger partial charge in [0, 0.05) is 50.5 Å². The van der Waals surface area contributed by atoms with Gasteiger partial charge in [0.05, 0.1) is 6.54 Å². The number of nitrogens with zero attached hydrogens (tertiary/aromatic N) is 5. The summed E-state index contributed by atoms with van der Waals surface area (Å²) in [5.74, 6) is 0.407. The number of hydrazine groups is 1. The number of anilines is 1. The first kappa shape index (κ1) is 26.3. The van der Waals surface area contributed by atoms with E-state index in [1.165, 1.54) is 17.5 Å². The van der Waals surface area contributed by atoms with Crippen molar-refractivity contribution in [1.29, 1.82) is 0 Å². The maximum atomic E-state index is 13.3. The van der Waals surface area contributed by atoms with E-state index in [0.717, 1.165) is 16.8 Å². The molecular formula is C27H36N8O2. The van der Waals surface area contributed by atoms with Crippen LogP contribution in [-0.2, 0) is 22.7 Å². The van der Waals surface area contributed by atoms with Crippen LogP contribution in [0.3, 0.4) is 0 Å². The molecule has 3 N–H and O–H groups in total. The van der Waals surface area contributed by atoms with Crippen molar-refractivity contribution in [2.75, 3.05) is 38.5 Å². The lowest BCUT2D eigenvalue weighted by Gasteiger charge is -2.31. The van der Waals surface area contributed by atoms with E-state index in [9.17, 15) is 9.59 Å². The maximum absolute atomic E-state index is 13.3. The molecule has 2 aromatic carbocycles. The van der Waals surface area contributed by atoms with Gasteiger partial charge in [0.2, 0.25) is 5.91 Å². The highest BCUT2D eigenvalue weighted by atomic mass is 16.2. The number of aryl methyl sites for hydroxylation is 1. The second-order valence-electron chi connectivity index (χ2n) is 9.65. The number of fused-ring (bicyclic) bond motifs is 1. The van der Waals surface area contributed by atoms with Gasteiger partial charge in [-0.3, -0.25) is 19.7 Å². The molecule has 3 aromatic rings. The molecule has 0 spiro atoms. The zero-order valence-corrected chi connectivity index (χ0v) is 22.0. The van der Waals surface area contributed by atoms with Gasteiger partial charge in [-0.25, -0.2) is 9.99 Å². The van der Waals surface area contributed by atoms with Crippen LogP contribution in [0.25, 0.3) is 11.4 Å². The third kappa shape index (κ3) is 6.72. The van der Waals surface area contributed by atoms with Gasteiger partial charge in [-0.1, -0.05) is 50.2 Å². The Morgan fingerprint density at radius 1 is 1.11 bits per heavy atom. The molecule has 0 radical (unpaired) electrons. The van der Waals surface area contributed by atoms with Crippen LogP contribution in [-0.4, -0.2) is 81.2 Å². The fourth-order valence-corrected chi connectivity index (χ4v) is 4.32. The van der Waals surface area contributed by atoms with E-state index in [-0.39, 0.29) is 30.9 Å². The molecule has 0 aliphatic carbocycles. The van der Waals surface area contributed by atoms with E-state index in [1.54, 1.807) is 17.0 Å². The van der Waals surface area contributed by atoms with Crippen molar-refractivity contribution < 1.29 is 9.59 Å². The SMILES string of the molecule is Cc1ccc(-c2ncn[nH]2)cc1NCC(=O)N(CCNC(C)C)CC(=O)N(C)N1Cc2ccccc2C1. The Kier molecular flexibility index (Phi) is 8.52. The molecule has 4 rings (SSSR count). The molecule has 37 heavy (non-hydrogen) atoms.